The van der Waals surface area contributed by atoms with Gasteiger partial charge in [-0.3, -0.25) is 4.79 Å². The molecular weight excluding hydrogens is 414 g/mol. The van der Waals surface area contributed by atoms with Crippen molar-refractivity contribution in [3.05, 3.63) is 46.8 Å². The summed E-state index contributed by atoms with van der Waals surface area (Å²) in [5.41, 5.74) is -1.44. The normalized spacial score (nSPS) is 17.6. The Hall–Kier alpha value is -2.20. The SMILES string of the molecule is Cl.O=C(c1cc(F)cc(C(F)(F)F)c1)N1CCC(c2nnc3n2CCNC3)CC1. The van der Waals surface area contributed by atoms with Crippen molar-refractivity contribution in [3.8, 4) is 0 Å². The second-order valence-electron chi connectivity index (χ2n) is 7.10. The lowest BCUT2D eigenvalue weighted by Crippen LogP contribution is -2.39. The van der Waals surface area contributed by atoms with E-state index < -0.39 is 23.5 Å². The molecule has 1 saturated heterocycles. The summed E-state index contributed by atoms with van der Waals surface area (Å²) in [4.78, 5) is 14.1. The Labute approximate surface area is 170 Å². The first-order valence-corrected chi connectivity index (χ1v) is 9.12. The minimum Gasteiger partial charge on any atom is -0.339 e. The van der Waals surface area contributed by atoms with Gasteiger partial charge in [0.05, 0.1) is 12.1 Å². The van der Waals surface area contributed by atoms with Gasteiger partial charge in [-0.05, 0) is 31.0 Å². The zero-order valence-electron chi connectivity index (χ0n) is 15.4. The molecule has 0 radical (unpaired) electrons. The predicted octanol–water partition coefficient (Wildman–Crippen LogP) is 2.98. The molecule has 0 spiro atoms. The van der Waals surface area contributed by atoms with Gasteiger partial charge >= 0.3 is 6.18 Å². The van der Waals surface area contributed by atoms with Gasteiger partial charge in [0.1, 0.15) is 17.5 Å². The lowest BCUT2D eigenvalue weighted by atomic mass is 9.95. The van der Waals surface area contributed by atoms with Crippen LogP contribution < -0.4 is 5.32 Å². The first-order valence-electron chi connectivity index (χ1n) is 9.12. The monoisotopic (exact) mass is 433 g/mol. The molecule has 3 heterocycles. The van der Waals surface area contributed by atoms with Crippen LogP contribution in [0.3, 0.4) is 0 Å². The van der Waals surface area contributed by atoms with Crippen molar-refractivity contribution in [2.45, 2.75) is 38.0 Å². The number of hydrogen-bond donors (Lipinski definition) is 1. The summed E-state index contributed by atoms with van der Waals surface area (Å²) in [5, 5.41) is 11.7. The number of amides is 1. The topological polar surface area (TPSA) is 63.1 Å². The van der Waals surface area contributed by atoms with Gasteiger partial charge in [0, 0.05) is 37.7 Å². The second kappa shape index (κ2) is 8.27. The summed E-state index contributed by atoms with van der Waals surface area (Å²) < 4.78 is 54.4. The van der Waals surface area contributed by atoms with Crippen molar-refractivity contribution in [1.82, 2.24) is 25.0 Å². The number of carbonyl (C=O) groups is 1. The third-order valence-electron chi connectivity index (χ3n) is 5.27. The molecule has 11 heteroatoms. The molecule has 158 valence electrons. The van der Waals surface area contributed by atoms with E-state index in [2.05, 4.69) is 20.1 Å². The number of alkyl halides is 3. The maximum atomic E-state index is 13.6. The smallest absolute Gasteiger partial charge is 0.339 e. The zero-order valence-corrected chi connectivity index (χ0v) is 16.2. The van der Waals surface area contributed by atoms with Crippen molar-refractivity contribution >= 4 is 18.3 Å². The number of rotatable bonds is 2. The number of nitrogens with one attached hydrogen (secondary N) is 1. The third-order valence-corrected chi connectivity index (χ3v) is 5.27. The summed E-state index contributed by atoms with van der Waals surface area (Å²) in [6.07, 6.45) is -3.43. The van der Waals surface area contributed by atoms with Crippen LogP contribution in [0.5, 0.6) is 0 Å². The molecule has 2 aliphatic heterocycles. The Kier molecular flexibility index (Phi) is 6.13. The van der Waals surface area contributed by atoms with Crippen molar-refractivity contribution in [3.63, 3.8) is 0 Å². The molecule has 0 saturated carbocycles. The summed E-state index contributed by atoms with van der Waals surface area (Å²) in [6, 6.07) is 1.96. The maximum absolute atomic E-state index is 13.6. The van der Waals surface area contributed by atoms with Gasteiger partial charge in [0.25, 0.3) is 5.91 Å². The van der Waals surface area contributed by atoms with E-state index in [1.807, 2.05) is 0 Å². The molecule has 6 nitrogen and oxygen atoms in total. The number of fused-ring (bicyclic) bond motifs is 1. The molecule has 29 heavy (non-hydrogen) atoms. The van der Waals surface area contributed by atoms with Gasteiger partial charge in [-0.25, -0.2) is 4.39 Å². The molecule has 4 rings (SSSR count). The number of aromatic nitrogens is 3. The van der Waals surface area contributed by atoms with Gasteiger partial charge in [-0.15, -0.1) is 22.6 Å². The Morgan fingerprint density at radius 1 is 1.10 bits per heavy atom. The lowest BCUT2D eigenvalue weighted by Gasteiger charge is -2.32. The molecule has 1 aromatic heterocycles. The first kappa shape index (κ1) is 21.5. The van der Waals surface area contributed by atoms with Crippen molar-refractivity contribution in [2.75, 3.05) is 19.6 Å². The summed E-state index contributed by atoms with van der Waals surface area (Å²) >= 11 is 0. The van der Waals surface area contributed by atoms with Crippen LogP contribution in [0.25, 0.3) is 0 Å². The van der Waals surface area contributed by atoms with Crippen molar-refractivity contribution in [2.24, 2.45) is 0 Å². The number of halogens is 5. The van der Waals surface area contributed by atoms with E-state index in [1.165, 1.54) is 4.90 Å². The van der Waals surface area contributed by atoms with Crippen LogP contribution >= 0.6 is 12.4 Å². The molecule has 1 aromatic carbocycles. The average Bonchev–Trinajstić information content (AvgIpc) is 3.10. The lowest BCUT2D eigenvalue weighted by molar-refractivity contribution is -0.137. The minimum absolute atomic E-state index is 0. The van der Waals surface area contributed by atoms with Crippen LogP contribution in [0.2, 0.25) is 0 Å². The summed E-state index contributed by atoms with van der Waals surface area (Å²) in [7, 11) is 0. The number of benzene rings is 1. The largest absolute Gasteiger partial charge is 0.416 e. The number of carbonyl (C=O) groups excluding carboxylic acids is 1. The molecule has 2 aliphatic rings. The fourth-order valence-corrected chi connectivity index (χ4v) is 3.82. The molecule has 1 amide bonds. The molecule has 0 atom stereocenters. The quantitative estimate of drug-likeness (QED) is 0.740. The molecular formula is C18H20ClF4N5O. The second-order valence-corrected chi connectivity index (χ2v) is 7.10. The molecule has 0 unspecified atom stereocenters. The standard InChI is InChI=1S/C18H19F4N5O.ClH/c19-14-8-12(7-13(9-14)18(20,21)22)17(28)26-4-1-11(2-5-26)16-25-24-15-10-23-3-6-27(15)16;/h7-9,11,23H,1-6,10H2;1H. The van der Waals surface area contributed by atoms with Crippen LogP contribution in [0.4, 0.5) is 17.6 Å². The number of hydrogen-bond acceptors (Lipinski definition) is 4. The fraction of sp³-hybridized carbons (Fsp3) is 0.500. The average molecular weight is 434 g/mol. The Morgan fingerprint density at radius 2 is 1.83 bits per heavy atom. The van der Waals surface area contributed by atoms with E-state index in [-0.39, 0.29) is 23.9 Å². The molecule has 0 aliphatic carbocycles. The third kappa shape index (κ3) is 4.37. The van der Waals surface area contributed by atoms with Gasteiger partial charge in [-0.1, -0.05) is 0 Å². The Bertz CT molecular complexity index is 893. The number of nitrogens with zero attached hydrogens (tertiary/aromatic N) is 4. The molecule has 0 bridgehead atoms. The van der Waals surface area contributed by atoms with Gasteiger partial charge in [0.15, 0.2) is 0 Å². The molecule has 2 aromatic rings. The zero-order chi connectivity index (χ0) is 19.9. The van der Waals surface area contributed by atoms with Crippen LogP contribution in [0, 0.1) is 5.82 Å². The summed E-state index contributed by atoms with van der Waals surface area (Å²) in [6.45, 7) is 3.06. The van der Waals surface area contributed by atoms with Crippen LogP contribution in [0.1, 0.15) is 46.3 Å². The van der Waals surface area contributed by atoms with E-state index in [9.17, 15) is 22.4 Å². The maximum Gasteiger partial charge on any atom is 0.416 e. The van der Waals surface area contributed by atoms with Gasteiger partial charge in [0.2, 0.25) is 0 Å². The molecule has 1 fully saturated rings. The first-order chi connectivity index (χ1) is 13.3. The highest BCUT2D eigenvalue weighted by Crippen LogP contribution is 2.32. The fourth-order valence-electron chi connectivity index (χ4n) is 3.82. The van der Waals surface area contributed by atoms with Crippen LogP contribution in [-0.4, -0.2) is 45.2 Å². The van der Waals surface area contributed by atoms with Crippen molar-refractivity contribution < 1.29 is 22.4 Å². The highest BCUT2D eigenvalue weighted by atomic mass is 35.5. The Balaban J connectivity index is 0.00000240. The van der Waals surface area contributed by atoms with Crippen molar-refractivity contribution in [1.29, 1.82) is 0 Å². The highest BCUT2D eigenvalue weighted by molar-refractivity contribution is 5.94. The van der Waals surface area contributed by atoms with E-state index in [0.29, 0.717) is 44.6 Å². The van der Waals surface area contributed by atoms with Crippen LogP contribution in [0.15, 0.2) is 18.2 Å². The minimum atomic E-state index is -4.70. The van der Waals surface area contributed by atoms with E-state index in [1.54, 1.807) is 0 Å². The number of likely N-dealkylation sites (tertiary alicyclic amines) is 1. The van der Waals surface area contributed by atoms with Gasteiger partial charge < -0.3 is 14.8 Å². The summed E-state index contributed by atoms with van der Waals surface area (Å²) in [5.74, 6) is 0.266. The van der Waals surface area contributed by atoms with E-state index in [4.69, 9.17) is 0 Å². The number of piperidine rings is 1. The van der Waals surface area contributed by atoms with Gasteiger partial charge in [-0.2, -0.15) is 13.2 Å². The molecule has 1 N–H and O–H groups in total. The highest BCUT2D eigenvalue weighted by Gasteiger charge is 2.33. The van der Waals surface area contributed by atoms with E-state index in [0.717, 1.165) is 30.8 Å². The Morgan fingerprint density at radius 3 is 2.52 bits per heavy atom. The predicted molar refractivity (Wildman–Crippen MR) is 98.3 cm³/mol. The van der Waals surface area contributed by atoms with E-state index >= 15 is 0 Å². The van der Waals surface area contributed by atoms with Crippen LogP contribution in [-0.2, 0) is 19.3 Å².